The molecule has 2 heterocycles. The standard InChI is InChI=1S/C9H15N3O5/c1-8(2)15-4-9(17-8)7(14)6(13)5(16-9)3-11-12-10/h5-7,13-14H,3-4H2,1-2H3. The van der Waals surface area contributed by atoms with Crippen LogP contribution in [0.4, 0.5) is 0 Å². The normalized spacial score (nSPS) is 43.9. The monoisotopic (exact) mass is 245 g/mol. The van der Waals surface area contributed by atoms with Crippen LogP contribution in [0.15, 0.2) is 5.11 Å². The minimum Gasteiger partial charge on any atom is -0.387 e. The Morgan fingerprint density at radius 2 is 2.18 bits per heavy atom. The van der Waals surface area contributed by atoms with Gasteiger partial charge in [0.15, 0.2) is 5.79 Å². The molecule has 8 nitrogen and oxygen atoms in total. The average molecular weight is 245 g/mol. The lowest BCUT2D eigenvalue weighted by Gasteiger charge is -2.27. The van der Waals surface area contributed by atoms with Gasteiger partial charge < -0.3 is 24.4 Å². The topological polar surface area (TPSA) is 117 Å². The molecule has 8 heteroatoms. The van der Waals surface area contributed by atoms with Gasteiger partial charge >= 0.3 is 0 Å². The molecule has 2 rings (SSSR count). The maximum Gasteiger partial charge on any atom is 0.224 e. The molecule has 2 fully saturated rings. The van der Waals surface area contributed by atoms with Crippen LogP contribution in [-0.2, 0) is 14.2 Å². The van der Waals surface area contributed by atoms with Gasteiger partial charge in [-0.2, -0.15) is 0 Å². The predicted octanol–water partition coefficient (Wildman–Crippen LogP) is -0.104. The molecule has 4 unspecified atom stereocenters. The molecule has 0 radical (unpaired) electrons. The van der Waals surface area contributed by atoms with Crippen molar-refractivity contribution in [3.05, 3.63) is 10.4 Å². The highest BCUT2D eigenvalue weighted by Gasteiger charge is 2.61. The van der Waals surface area contributed by atoms with Crippen LogP contribution in [0.25, 0.3) is 10.4 Å². The molecule has 17 heavy (non-hydrogen) atoms. The highest BCUT2D eigenvalue weighted by molar-refractivity contribution is 5.00. The summed E-state index contributed by atoms with van der Waals surface area (Å²) >= 11 is 0. The van der Waals surface area contributed by atoms with E-state index in [9.17, 15) is 10.2 Å². The molecule has 0 aromatic heterocycles. The lowest BCUT2D eigenvalue weighted by Crippen LogP contribution is -2.46. The second-order valence-corrected chi connectivity index (χ2v) is 4.61. The molecule has 2 N–H and O–H groups in total. The van der Waals surface area contributed by atoms with Gasteiger partial charge in [0, 0.05) is 4.91 Å². The van der Waals surface area contributed by atoms with Crippen molar-refractivity contribution in [1.82, 2.24) is 0 Å². The van der Waals surface area contributed by atoms with E-state index in [1.807, 2.05) is 0 Å². The summed E-state index contributed by atoms with van der Waals surface area (Å²) in [6, 6.07) is 0. The van der Waals surface area contributed by atoms with E-state index in [2.05, 4.69) is 10.0 Å². The van der Waals surface area contributed by atoms with Crippen molar-refractivity contribution < 1.29 is 24.4 Å². The smallest absolute Gasteiger partial charge is 0.224 e. The number of ether oxygens (including phenoxy) is 3. The Labute approximate surface area is 97.7 Å². The van der Waals surface area contributed by atoms with Crippen molar-refractivity contribution in [3.63, 3.8) is 0 Å². The molecule has 0 aliphatic carbocycles. The summed E-state index contributed by atoms with van der Waals surface area (Å²) in [6.07, 6.45) is -3.19. The molecular formula is C9H15N3O5. The summed E-state index contributed by atoms with van der Waals surface area (Å²) in [7, 11) is 0. The van der Waals surface area contributed by atoms with Crippen LogP contribution in [0.3, 0.4) is 0 Å². The van der Waals surface area contributed by atoms with E-state index < -0.39 is 29.9 Å². The Morgan fingerprint density at radius 1 is 1.47 bits per heavy atom. The summed E-state index contributed by atoms with van der Waals surface area (Å²) < 4.78 is 16.3. The van der Waals surface area contributed by atoms with Crippen LogP contribution in [-0.4, -0.2) is 53.3 Å². The van der Waals surface area contributed by atoms with Gasteiger partial charge in [-0.15, -0.1) is 0 Å². The van der Waals surface area contributed by atoms with Crippen LogP contribution in [0.1, 0.15) is 13.8 Å². The average Bonchev–Trinajstić information content (AvgIpc) is 2.69. The zero-order valence-electron chi connectivity index (χ0n) is 9.61. The van der Waals surface area contributed by atoms with Gasteiger partial charge in [0.1, 0.15) is 18.8 Å². The number of aliphatic hydroxyl groups excluding tert-OH is 2. The fourth-order valence-electron chi connectivity index (χ4n) is 2.07. The first kappa shape index (κ1) is 12.6. The molecule has 4 atom stereocenters. The van der Waals surface area contributed by atoms with Crippen LogP contribution in [0.2, 0.25) is 0 Å². The van der Waals surface area contributed by atoms with Crippen LogP contribution in [0.5, 0.6) is 0 Å². The number of aliphatic hydroxyl groups is 2. The second kappa shape index (κ2) is 4.09. The van der Waals surface area contributed by atoms with E-state index in [0.717, 1.165) is 0 Å². The first-order valence-corrected chi connectivity index (χ1v) is 5.29. The lowest BCUT2D eigenvalue weighted by molar-refractivity contribution is -0.267. The maximum absolute atomic E-state index is 9.94. The third-order valence-corrected chi connectivity index (χ3v) is 2.87. The quantitative estimate of drug-likeness (QED) is 0.400. The third-order valence-electron chi connectivity index (χ3n) is 2.87. The van der Waals surface area contributed by atoms with Crippen molar-refractivity contribution in [2.75, 3.05) is 13.2 Å². The molecule has 0 saturated carbocycles. The molecule has 2 aliphatic heterocycles. The van der Waals surface area contributed by atoms with Crippen molar-refractivity contribution in [2.24, 2.45) is 5.11 Å². The lowest BCUT2D eigenvalue weighted by atomic mass is 10.1. The highest BCUT2D eigenvalue weighted by Crippen LogP contribution is 2.41. The Bertz CT molecular complexity index is 357. The molecule has 2 aliphatic rings. The first-order chi connectivity index (χ1) is 7.90. The van der Waals surface area contributed by atoms with Crippen molar-refractivity contribution in [2.45, 2.75) is 43.7 Å². The number of azide groups is 1. The summed E-state index contributed by atoms with van der Waals surface area (Å²) in [4.78, 5) is 2.58. The molecular weight excluding hydrogens is 230 g/mol. The number of rotatable bonds is 2. The molecule has 2 saturated heterocycles. The Morgan fingerprint density at radius 3 is 2.71 bits per heavy atom. The van der Waals surface area contributed by atoms with E-state index in [1.165, 1.54) is 0 Å². The fourth-order valence-corrected chi connectivity index (χ4v) is 2.07. The van der Waals surface area contributed by atoms with E-state index in [-0.39, 0.29) is 13.2 Å². The molecule has 0 amide bonds. The van der Waals surface area contributed by atoms with Gasteiger partial charge in [-0.05, 0) is 19.4 Å². The summed E-state index contributed by atoms with van der Waals surface area (Å²) in [5.41, 5.74) is 8.22. The summed E-state index contributed by atoms with van der Waals surface area (Å²) in [5.74, 6) is -2.26. The Hall–Kier alpha value is -0.890. The summed E-state index contributed by atoms with van der Waals surface area (Å²) in [6.45, 7) is 3.32. The van der Waals surface area contributed by atoms with Gasteiger partial charge in [-0.25, -0.2) is 0 Å². The van der Waals surface area contributed by atoms with E-state index >= 15 is 0 Å². The number of hydrogen-bond donors (Lipinski definition) is 2. The molecule has 96 valence electrons. The van der Waals surface area contributed by atoms with Crippen molar-refractivity contribution in [3.8, 4) is 0 Å². The van der Waals surface area contributed by atoms with Crippen LogP contribution < -0.4 is 0 Å². The van der Waals surface area contributed by atoms with Crippen LogP contribution >= 0.6 is 0 Å². The molecule has 0 aromatic rings. The van der Waals surface area contributed by atoms with Gasteiger partial charge in [0.05, 0.1) is 12.6 Å². The van der Waals surface area contributed by atoms with E-state index in [0.29, 0.717) is 0 Å². The zero-order chi connectivity index (χ0) is 12.7. The van der Waals surface area contributed by atoms with Crippen LogP contribution in [0, 0.1) is 0 Å². The fraction of sp³-hybridized carbons (Fsp3) is 1.00. The predicted molar refractivity (Wildman–Crippen MR) is 54.7 cm³/mol. The van der Waals surface area contributed by atoms with E-state index in [4.69, 9.17) is 19.7 Å². The first-order valence-electron chi connectivity index (χ1n) is 5.29. The zero-order valence-corrected chi connectivity index (χ0v) is 9.61. The highest BCUT2D eigenvalue weighted by atomic mass is 16.8. The van der Waals surface area contributed by atoms with Gasteiger partial charge in [-0.3, -0.25) is 0 Å². The Kier molecular flexibility index (Phi) is 3.03. The largest absolute Gasteiger partial charge is 0.387 e. The number of hydrogen-bond acceptors (Lipinski definition) is 6. The molecule has 1 spiro atoms. The summed E-state index contributed by atoms with van der Waals surface area (Å²) in [5, 5.41) is 23.0. The maximum atomic E-state index is 9.94. The number of nitrogens with zero attached hydrogens (tertiary/aromatic N) is 3. The third kappa shape index (κ3) is 2.11. The molecule has 0 bridgehead atoms. The van der Waals surface area contributed by atoms with Gasteiger partial charge in [0.25, 0.3) is 0 Å². The van der Waals surface area contributed by atoms with E-state index in [1.54, 1.807) is 13.8 Å². The van der Waals surface area contributed by atoms with Crippen molar-refractivity contribution >= 4 is 0 Å². The van der Waals surface area contributed by atoms with Gasteiger partial charge in [-0.1, -0.05) is 5.11 Å². The second-order valence-electron chi connectivity index (χ2n) is 4.61. The minimum atomic E-state index is -1.38. The minimum absolute atomic E-state index is 0.0188. The van der Waals surface area contributed by atoms with Crippen molar-refractivity contribution in [1.29, 1.82) is 0 Å². The SMILES string of the molecule is CC1(C)OCC2(OC(CN=[N+]=[N-])C(O)C2O)O1. The molecule has 0 aromatic carbocycles. The van der Waals surface area contributed by atoms with Gasteiger partial charge in [0.2, 0.25) is 5.79 Å². The Balaban J connectivity index is 2.14.